The molecule has 0 saturated carbocycles. The lowest BCUT2D eigenvalue weighted by molar-refractivity contribution is 0.0459. The van der Waals surface area contributed by atoms with Crippen LogP contribution in [0.15, 0.2) is 0 Å². The molecule has 0 saturated heterocycles. The summed E-state index contributed by atoms with van der Waals surface area (Å²) in [5, 5.41) is 0. The van der Waals surface area contributed by atoms with Crippen LogP contribution < -0.4 is 5.73 Å². The van der Waals surface area contributed by atoms with Gasteiger partial charge in [0.25, 0.3) is 0 Å². The van der Waals surface area contributed by atoms with Crippen LogP contribution in [0.4, 0.5) is 0 Å². The molecule has 2 N–H and O–H groups in total. The van der Waals surface area contributed by atoms with Crippen molar-refractivity contribution in [1.82, 2.24) is 4.90 Å². The van der Waals surface area contributed by atoms with E-state index in [-0.39, 0.29) is 5.54 Å². The molecule has 3 heteroatoms. The van der Waals surface area contributed by atoms with Gasteiger partial charge in [-0.05, 0) is 27.3 Å². The summed E-state index contributed by atoms with van der Waals surface area (Å²) in [6.07, 6.45) is 1.11. The zero-order valence-corrected chi connectivity index (χ0v) is 9.63. The van der Waals surface area contributed by atoms with E-state index >= 15 is 0 Å². The van der Waals surface area contributed by atoms with E-state index in [9.17, 15) is 0 Å². The van der Waals surface area contributed by atoms with Gasteiger partial charge < -0.3 is 10.5 Å². The maximum Gasteiger partial charge on any atom is 0.0630 e. The number of rotatable bonds is 6. The molecule has 0 bridgehead atoms. The first-order valence-corrected chi connectivity index (χ1v) is 4.91. The fourth-order valence-electron chi connectivity index (χ4n) is 1.27. The molecule has 0 spiro atoms. The molecule has 1 atom stereocenters. The van der Waals surface area contributed by atoms with Crippen molar-refractivity contribution in [2.75, 3.05) is 27.3 Å². The highest BCUT2D eigenvalue weighted by molar-refractivity contribution is 4.83. The van der Waals surface area contributed by atoms with Crippen LogP contribution in [0, 0.1) is 0 Å². The zero-order valence-electron chi connectivity index (χ0n) is 9.63. The van der Waals surface area contributed by atoms with E-state index in [1.807, 2.05) is 0 Å². The minimum Gasteiger partial charge on any atom is -0.383 e. The van der Waals surface area contributed by atoms with E-state index in [2.05, 4.69) is 32.7 Å². The molecule has 0 heterocycles. The Morgan fingerprint density at radius 3 is 2.31 bits per heavy atom. The maximum absolute atomic E-state index is 5.69. The first-order chi connectivity index (χ1) is 5.99. The number of hydrogen-bond donors (Lipinski definition) is 1. The Hall–Kier alpha value is -0.120. The predicted octanol–water partition coefficient (Wildman–Crippen LogP) is 1.08. The number of ether oxygens (including phenoxy) is 1. The van der Waals surface area contributed by atoms with Crippen molar-refractivity contribution in [1.29, 1.82) is 0 Å². The van der Waals surface area contributed by atoms with Gasteiger partial charge in [-0.15, -0.1) is 0 Å². The van der Waals surface area contributed by atoms with Gasteiger partial charge >= 0.3 is 0 Å². The topological polar surface area (TPSA) is 38.5 Å². The van der Waals surface area contributed by atoms with Crippen LogP contribution in [0.1, 0.15) is 27.2 Å². The van der Waals surface area contributed by atoms with Gasteiger partial charge in [0.1, 0.15) is 0 Å². The third kappa shape index (κ3) is 3.63. The van der Waals surface area contributed by atoms with Crippen LogP contribution in [0.25, 0.3) is 0 Å². The second-order valence-electron chi connectivity index (χ2n) is 4.12. The molecule has 0 aliphatic rings. The van der Waals surface area contributed by atoms with E-state index in [4.69, 9.17) is 10.5 Å². The molecular formula is C10H24N2O. The molecule has 0 aliphatic carbocycles. The second kappa shape index (κ2) is 5.58. The molecule has 80 valence electrons. The smallest absolute Gasteiger partial charge is 0.0630 e. The number of hydrogen-bond acceptors (Lipinski definition) is 3. The standard InChI is InChI=1S/C10H24N2O/c1-6-10(2,3)12(4)9(7-11)8-13-5/h9H,6-8,11H2,1-5H3. The van der Waals surface area contributed by atoms with E-state index in [1.165, 1.54) is 0 Å². The molecule has 0 aromatic heterocycles. The molecule has 0 aliphatic heterocycles. The lowest BCUT2D eigenvalue weighted by atomic mass is 9.98. The monoisotopic (exact) mass is 188 g/mol. The molecule has 0 aromatic rings. The Kier molecular flexibility index (Phi) is 5.53. The van der Waals surface area contributed by atoms with Gasteiger partial charge in [0, 0.05) is 25.2 Å². The Bertz CT molecular complexity index is 137. The Morgan fingerprint density at radius 1 is 1.46 bits per heavy atom. The highest BCUT2D eigenvalue weighted by Gasteiger charge is 2.26. The summed E-state index contributed by atoms with van der Waals surface area (Å²) in [6, 6.07) is 0.319. The largest absolute Gasteiger partial charge is 0.383 e. The summed E-state index contributed by atoms with van der Waals surface area (Å²) in [7, 11) is 3.83. The average molecular weight is 188 g/mol. The molecule has 1 unspecified atom stereocenters. The minimum atomic E-state index is 0.197. The van der Waals surface area contributed by atoms with Crippen molar-refractivity contribution < 1.29 is 4.74 Å². The normalized spacial score (nSPS) is 15.0. The minimum absolute atomic E-state index is 0.197. The van der Waals surface area contributed by atoms with Crippen LogP contribution in [-0.4, -0.2) is 43.8 Å². The number of methoxy groups -OCH3 is 1. The molecule has 0 radical (unpaired) electrons. The Labute approximate surface area is 82.2 Å². The molecule has 13 heavy (non-hydrogen) atoms. The van der Waals surface area contributed by atoms with Crippen molar-refractivity contribution in [2.24, 2.45) is 5.73 Å². The highest BCUT2D eigenvalue weighted by atomic mass is 16.5. The van der Waals surface area contributed by atoms with Gasteiger partial charge in [-0.2, -0.15) is 0 Å². The van der Waals surface area contributed by atoms with E-state index in [0.717, 1.165) is 6.42 Å². The number of nitrogens with two attached hydrogens (primary N) is 1. The summed E-state index contributed by atoms with van der Waals surface area (Å²) in [5.74, 6) is 0. The predicted molar refractivity (Wildman–Crippen MR) is 56.9 cm³/mol. The van der Waals surface area contributed by atoms with Crippen LogP contribution in [-0.2, 0) is 4.74 Å². The van der Waals surface area contributed by atoms with Crippen LogP contribution >= 0.6 is 0 Å². The number of likely N-dealkylation sites (N-methyl/N-ethyl adjacent to an activating group) is 1. The van der Waals surface area contributed by atoms with Gasteiger partial charge in [0.15, 0.2) is 0 Å². The summed E-state index contributed by atoms with van der Waals surface area (Å²) < 4.78 is 5.13. The Balaban J connectivity index is 4.26. The summed E-state index contributed by atoms with van der Waals surface area (Å²) >= 11 is 0. The third-order valence-corrected chi connectivity index (χ3v) is 3.00. The van der Waals surface area contributed by atoms with Crippen molar-refractivity contribution in [3.63, 3.8) is 0 Å². The third-order valence-electron chi connectivity index (χ3n) is 3.00. The lowest BCUT2D eigenvalue weighted by Crippen LogP contribution is -2.51. The molecule has 0 amide bonds. The number of nitrogens with zero attached hydrogens (tertiary/aromatic N) is 1. The first-order valence-electron chi connectivity index (χ1n) is 4.91. The van der Waals surface area contributed by atoms with Gasteiger partial charge in [-0.25, -0.2) is 0 Å². The summed E-state index contributed by atoms with van der Waals surface area (Å²) in [4.78, 5) is 2.30. The average Bonchev–Trinajstić information content (AvgIpc) is 2.13. The molecular weight excluding hydrogens is 164 g/mol. The fraction of sp³-hybridized carbons (Fsp3) is 1.00. The molecule has 0 rings (SSSR count). The van der Waals surface area contributed by atoms with Gasteiger partial charge in [0.05, 0.1) is 6.61 Å². The molecule has 0 aromatic carbocycles. The van der Waals surface area contributed by atoms with E-state index in [1.54, 1.807) is 7.11 Å². The van der Waals surface area contributed by atoms with Gasteiger partial charge in [-0.1, -0.05) is 6.92 Å². The van der Waals surface area contributed by atoms with Gasteiger partial charge in [-0.3, -0.25) is 4.90 Å². The van der Waals surface area contributed by atoms with Crippen molar-refractivity contribution >= 4 is 0 Å². The van der Waals surface area contributed by atoms with E-state index < -0.39 is 0 Å². The summed E-state index contributed by atoms with van der Waals surface area (Å²) in [5.41, 5.74) is 5.89. The van der Waals surface area contributed by atoms with Crippen LogP contribution in [0.3, 0.4) is 0 Å². The summed E-state index contributed by atoms with van der Waals surface area (Å²) in [6.45, 7) is 8.00. The van der Waals surface area contributed by atoms with Crippen LogP contribution in [0.5, 0.6) is 0 Å². The van der Waals surface area contributed by atoms with Crippen molar-refractivity contribution in [3.05, 3.63) is 0 Å². The van der Waals surface area contributed by atoms with Crippen molar-refractivity contribution in [3.8, 4) is 0 Å². The van der Waals surface area contributed by atoms with Gasteiger partial charge in [0.2, 0.25) is 0 Å². The first kappa shape index (κ1) is 12.9. The highest BCUT2D eigenvalue weighted by Crippen LogP contribution is 2.18. The lowest BCUT2D eigenvalue weighted by Gasteiger charge is -2.40. The maximum atomic E-state index is 5.69. The second-order valence-corrected chi connectivity index (χ2v) is 4.12. The molecule has 3 nitrogen and oxygen atoms in total. The quantitative estimate of drug-likeness (QED) is 0.678. The van der Waals surface area contributed by atoms with E-state index in [0.29, 0.717) is 19.2 Å². The van der Waals surface area contributed by atoms with Crippen molar-refractivity contribution in [2.45, 2.75) is 38.8 Å². The SMILES string of the molecule is CCC(C)(C)N(C)C(CN)COC. The molecule has 0 fully saturated rings. The Morgan fingerprint density at radius 2 is 2.00 bits per heavy atom. The zero-order chi connectivity index (χ0) is 10.5. The van der Waals surface area contributed by atoms with Crippen LogP contribution in [0.2, 0.25) is 0 Å². The fourth-order valence-corrected chi connectivity index (χ4v) is 1.27.